The van der Waals surface area contributed by atoms with Crippen LogP contribution in [0.15, 0.2) is 42.5 Å². The van der Waals surface area contributed by atoms with Crippen LogP contribution in [-0.4, -0.2) is 21.0 Å². The Kier molecular flexibility index (Phi) is 2.01. The minimum atomic E-state index is -1.10. The molecule has 1 N–H and O–H groups in total. The number of nitrogens with zero attached hydrogens (tertiary/aromatic N) is 2. The van der Waals surface area contributed by atoms with Gasteiger partial charge in [-0.3, -0.25) is 0 Å². The summed E-state index contributed by atoms with van der Waals surface area (Å²) in [5.74, 6) is -1.25. The number of aromatic nitrogens is 2. The van der Waals surface area contributed by atoms with Crippen LogP contribution in [0.5, 0.6) is 0 Å². The smallest absolute Gasteiger partial charge is 0.373 e. The van der Waals surface area contributed by atoms with Gasteiger partial charge in [0.15, 0.2) is 0 Å². The third-order valence-electron chi connectivity index (χ3n) is 2.60. The van der Waals surface area contributed by atoms with E-state index in [4.69, 9.17) is 5.11 Å². The molecule has 3 aromatic rings. The monoisotopic (exact) mass is 224 g/mol. The maximum absolute atomic E-state index is 10.8. The summed E-state index contributed by atoms with van der Waals surface area (Å²) in [5, 5.41) is 10.9. The maximum atomic E-state index is 10.8. The van der Waals surface area contributed by atoms with Crippen molar-refractivity contribution in [2.75, 3.05) is 0 Å². The third-order valence-corrected chi connectivity index (χ3v) is 2.60. The summed E-state index contributed by atoms with van der Waals surface area (Å²) in [6.45, 7) is 0. The molecular formula is C13H8N2O2. The van der Waals surface area contributed by atoms with Crippen molar-refractivity contribution in [3.05, 3.63) is 48.3 Å². The number of rotatable bonds is 1. The second-order valence-corrected chi connectivity index (χ2v) is 3.73. The van der Waals surface area contributed by atoms with Crippen molar-refractivity contribution in [2.45, 2.75) is 0 Å². The van der Waals surface area contributed by atoms with E-state index >= 15 is 0 Å². The van der Waals surface area contributed by atoms with Crippen molar-refractivity contribution in [3.8, 4) is 0 Å². The van der Waals surface area contributed by atoms with E-state index in [-0.39, 0.29) is 5.82 Å². The molecule has 0 saturated carbocycles. The second-order valence-electron chi connectivity index (χ2n) is 3.73. The molecule has 2 aromatic carbocycles. The largest absolute Gasteiger partial charge is 0.475 e. The van der Waals surface area contributed by atoms with Gasteiger partial charge in [-0.15, -0.1) is 0 Å². The Labute approximate surface area is 96.6 Å². The van der Waals surface area contributed by atoms with E-state index in [2.05, 4.69) is 9.97 Å². The summed E-state index contributed by atoms with van der Waals surface area (Å²) in [5.41, 5.74) is 1.22. The average molecular weight is 224 g/mol. The van der Waals surface area contributed by atoms with Crippen LogP contribution in [0.4, 0.5) is 0 Å². The summed E-state index contributed by atoms with van der Waals surface area (Å²) >= 11 is 0. The Balaban J connectivity index is 2.39. The van der Waals surface area contributed by atoms with E-state index in [1.165, 1.54) is 0 Å². The van der Waals surface area contributed by atoms with E-state index < -0.39 is 5.97 Å². The quantitative estimate of drug-likeness (QED) is 0.689. The van der Waals surface area contributed by atoms with Crippen molar-refractivity contribution in [2.24, 2.45) is 0 Å². The first-order valence-corrected chi connectivity index (χ1v) is 5.14. The zero-order chi connectivity index (χ0) is 11.8. The molecule has 0 fully saturated rings. The zero-order valence-electron chi connectivity index (χ0n) is 8.79. The normalized spacial score (nSPS) is 10.8. The molecular weight excluding hydrogens is 216 g/mol. The van der Waals surface area contributed by atoms with Crippen LogP contribution < -0.4 is 0 Å². The second kappa shape index (κ2) is 3.52. The first-order chi connectivity index (χ1) is 8.24. The van der Waals surface area contributed by atoms with E-state index in [0.717, 1.165) is 10.8 Å². The van der Waals surface area contributed by atoms with Crippen molar-refractivity contribution < 1.29 is 9.90 Å². The van der Waals surface area contributed by atoms with Crippen LogP contribution in [0.1, 0.15) is 10.6 Å². The number of carboxylic acid groups (broad SMARTS) is 1. The van der Waals surface area contributed by atoms with Gasteiger partial charge in [0.1, 0.15) is 0 Å². The summed E-state index contributed by atoms with van der Waals surface area (Å²) < 4.78 is 0. The summed E-state index contributed by atoms with van der Waals surface area (Å²) in [7, 11) is 0. The predicted molar refractivity (Wildman–Crippen MR) is 64.0 cm³/mol. The fourth-order valence-corrected chi connectivity index (χ4v) is 1.81. The highest BCUT2D eigenvalue weighted by molar-refractivity contribution is 5.97. The Morgan fingerprint density at radius 1 is 0.941 bits per heavy atom. The van der Waals surface area contributed by atoms with Crippen molar-refractivity contribution in [3.63, 3.8) is 0 Å². The van der Waals surface area contributed by atoms with E-state index in [0.29, 0.717) is 11.0 Å². The predicted octanol–water partition coefficient (Wildman–Crippen LogP) is 2.48. The number of aromatic carboxylic acids is 1. The Bertz CT molecular complexity index is 684. The first-order valence-electron chi connectivity index (χ1n) is 5.14. The maximum Gasteiger partial charge on any atom is 0.373 e. The minimum absolute atomic E-state index is 0.153. The van der Waals surface area contributed by atoms with E-state index in [9.17, 15) is 4.79 Å². The number of hydrogen-bond donors (Lipinski definition) is 1. The molecule has 0 radical (unpaired) electrons. The molecule has 4 nitrogen and oxygen atoms in total. The summed E-state index contributed by atoms with van der Waals surface area (Å²) in [6, 6.07) is 13.4. The molecule has 0 aliphatic heterocycles. The van der Waals surface area contributed by atoms with E-state index in [1.807, 2.05) is 42.5 Å². The average Bonchev–Trinajstić information content (AvgIpc) is 2.58. The Morgan fingerprint density at radius 3 is 1.94 bits per heavy atom. The molecule has 0 aliphatic rings. The fourth-order valence-electron chi connectivity index (χ4n) is 1.81. The van der Waals surface area contributed by atoms with Gasteiger partial charge in [0.2, 0.25) is 5.82 Å². The lowest BCUT2D eigenvalue weighted by Crippen LogP contribution is -1.97. The molecule has 0 spiro atoms. The fraction of sp³-hybridized carbons (Fsp3) is 0. The van der Waals surface area contributed by atoms with Crippen LogP contribution >= 0.6 is 0 Å². The van der Waals surface area contributed by atoms with Gasteiger partial charge >= 0.3 is 5.97 Å². The van der Waals surface area contributed by atoms with Crippen LogP contribution in [0.25, 0.3) is 21.8 Å². The highest BCUT2D eigenvalue weighted by atomic mass is 16.4. The molecule has 17 heavy (non-hydrogen) atoms. The molecule has 3 rings (SSSR count). The highest BCUT2D eigenvalue weighted by Gasteiger charge is 2.11. The SMILES string of the molecule is O=C(O)c1nc2cc3cccccc3cc2n1. The molecule has 0 saturated heterocycles. The molecule has 0 bridgehead atoms. The Morgan fingerprint density at radius 2 is 1.47 bits per heavy atom. The number of hydrogen-bond acceptors (Lipinski definition) is 3. The van der Waals surface area contributed by atoms with Gasteiger partial charge in [-0.2, -0.15) is 0 Å². The third kappa shape index (κ3) is 1.59. The van der Waals surface area contributed by atoms with Gasteiger partial charge in [0.25, 0.3) is 0 Å². The van der Waals surface area contributed by atoms with Crippen molar-refractivity contribution in [1.29, 1.82) is 0 Å². The Hall–Kier alpha value is -2.49. The van der Waals surface area contributed by atoms with Gasteiger partial charge < -0.3 is 5.11 Å². The van der Waals surface area contributed by atoms with E-state index in [1.54, 1.807) is 0 Å². The molecule has 0 amide bonds. The first kappa shape index (κ1) is 9.72. The number of fused-ring (bicyclic) bond motifs is 2. The van der Waals surface area contributed by atoms with Crippen LogP contribution in [0.3, 0.4) is 0 Å². The highest BCUT2D eigenvalue weighted by Crippen LogP contribution is 2.20. The molecule has 0 atom stereocenters. The van der Waals surface area contributed by atoms with Crippen molar-refractivity contribution in [1.82, 2.24) is 9.97 Å². The van der Waals surface area contributed by atoms with Gasteiger partial charge in [-0.05, 0) is 22.9 Å². The van der Waals surface area contributed by atoms with Gasteiger partial charge in [-0.1, -0.05) is 30.3 Å². The topological polar surface area (TPSA) is 63.1 Å². The zero-order valence-corrected chi connectivity index (χ0v) is 8.79. The van der Waals surface area contributed by atoms with Gasteiger partial charge in [0, 0.05) is 0 Å². The van der Waals surface area contributed by atoms with Crippen LogP contribution in [0.2, 0.25) is 0 Å². The number of imidazole rings is 1. The van der Waals surface area contributed by atoms with Crippen molar-refractivity contribution >= 4 is 27.8 Å². The summed E-state index contributed by atoms with van der Waals surface area (Å²) in [6.07, 6.45) is 0. The lowest BCUT2D eigenvalue weighted by Gasteiger charge is -1.91. The minimum Gasteiger partial charge on any atom is -0.475 e. The molecule has 1 heterocycles. The number of benzene rings is 1. The molecule has 4 heteroatoms. The molecule has 82 valence electrons. The molecule has 0 aliphatic carbocycles. The van der Waals surface area contributed by atoms with Gasteiger partial charge in [-0.25, -0.2) is 14.8 Å². The van der Waals surface area contributed by atoms with Crippen LogP contribution in [0, 0.1) is 0 Å². The lowest BCUT2D eigenvalue weighted by atomic mass is 10.1. The number of carbonyl (C=O) groups is 1. The molecule has 1 aromatic heterocycles. The lowest BCUT2D eigenvalue weighted by molar-refractivity contribution is 0.0685. The van der Waals surface area contributed by atoms with Crippen LogP contribution in [-0.2, 0) is 0 Å². The summed E-state index contributed by atoms with van der Waals surface area (Å²) in [4.78, 5) is 18.7. The number of carboxylic acids is 1. The van der Waals surface area contributed by atoms with Gasteiger partial charge in [0.05, 0.1) is 11.0 Å². The molecule has 0 unspecified atom stereocenters. The standard InChI is InChI=1S/C13H8N2O2/c16-13(17)12-14-10-6-8-4-2-1-3-5-9(8)7-11(10)15-12/h1-7H,(H,16,17).